The van der Waals surface area contributed by atoms with Crippen molar-refractivity contribution < 1.29 is 13.3 Å². The Labute approximate surface area is 836 Å². The van der Waals surface area contributed by atoms with E-state index in [1.54, 1.807) is 0 Å². The summed E-state index contributed by atoms with van der Waals surface area (Å²) in [7, 11) is 0. The first-order valence-electron chi connectivity index (χ1n) is 49.9. The van der Waals surface area contributed by atoms with Crippen LogP contribution in [0, 0.1) is 0 Å². The molecular formula is C142H88O3. The van der Waals surface area contributed by atoms with Crippen LogP contribution in [0.15, 0.2) is 547 Å². The molecule has 0 unspecified atom stereocenters. The van der Waals surface area contributed by atoms with Crippen LogP contribution in [0.5, 0.6) is 0 Å². The number of benzene rings is 27. The van der Waals surface area contributed by atoms with Gasteiger partial charge < -0.3 is 13.3 Å². The summed E-state index contributed by atoms with van der Waals surface area (Å²) in [5.41, 5.74) is 32.2. The Hall–Kier alpha value is -19.1. The van der Waals surface area contributed by atoms with Gasteiger partial charge in [-0.15, -0.1) is 0 Å². The summed E-state index contributed by atoms with van der Waals surface area (Å²) in [5.74, 6) is 0. The van der Waals surface area contributed by atoms with Crippen molar-refractivity contribution in [2.24, 2.45) is 0 Å². The van der Waals surface area contributed by atoms with Crippen molar-refractivity contribution in [3.63, 3.8) is 0 Å². The van der Waals surface area contributed by atoms with Crippen molar-refractivity contribution in [1.29, 1.82) is 0 Å². The van der Waals surface area contributed by atoms with Gasteiger partial charge in [0.2, 0.25) is 0 Å². The molecule has 0 fully saturated rings. The highest BCUT2D eigenvalue weighted by Crippen LogP contribution is 2.53. The molecule has 0 aliphatic rings. The summed E-state index contributed by atoms with van der Waals surface area (Å²) >= 11 is 0. The number of hydrogen-bond donors (Lipinski definition) is 0. The Morgan fingerprint density at radius 3 is 0.862 bits per heavy atom. The quantitative estimate of drug-likeness (QED) is 0.0957. The number of furan rings is 3. The van der Waals surface area contributed by atoms with E-state index < -0.39 is 0 Å². The molecule has 30 rings (SSSR count). The van der Waals surface area contributed by atoms with Crippen molar-refractivity contribution in [3.8, 4) is 122 Å². The third kappa shape index (κ3) is 14.3. The van der Waals surface area contributed by atoms with Gasteiger partial charge in [-0.1, -0.05) is 455 Å². The maximum absolute atomic E-state index is 6.60. The van der Waals surface area contributed by atoms with E-state index in [9.17, 15) is 0 Å². The summed E-state index contributed by atoms with van der Waals surface area (Å²) in [6, 6.07) is 193. The fraction of sp³-hybridized carbons (Fsp3) is 0. The standard InChI is InChI=1S/C50H32O.2C46H28O/c1-4-14-33(15-5-1)36-24-27-39(45(30-36)34-16-6-2-7-17-34)37-25-28-40-46-31-38(26-29-47(46)51-48(40)32-37)50-43-22-12-10-20-41(43)49(35-18-8-3-9-19-35)42-21-11-13-23-44(42)50;1-2-13-30(14-3-1)44-37-16-6-8-18-39(37)45(40-19-9-7-17-38(40)44)31-25-27-42-41(28-31)46-36(22-11-23-43(46)47-42)34-21-10-20-33-32-15-5-4-12-29(32)24-26-35(33)34;1-2-12-29(13-3-1)45-36-18-8-10-20-38(36)46(39-21-11-9-19-37(39)45)32-23-25-44-42(28-32)41-27-31(22-24-43(41)47-44)40-26-30-14-4-5-15-33(30)34-16-6-7-17-35(34)40/h1-32H;2*1-28H. The molecule has 3 nitrogen and oxygen atoms in total. The van der Waals surface area contributed by atoms with Crippen molar-refractivity contribution in [2.45, 2.75) is 0 Å². The van der Waals surface area contributed by atoms with Gasteiger partial charge in [0, 0.05) is 32.3 Å². The first-order chi connectivity index (χ1) is 71.9. The maximum Gasteiger partial charge on any atom is 0.136 e. The minimum absolute atomic E-state index is 0.889. The zero-order valence-corrected chi connectivity index (χ0v) is 79.0. The Morgan fingerprint density at radius 1 is 0.0966 bits per heavy atom. The zero-order valence-electron chi connectivity index (χ0n) is 79.0. The Bertz CT molecular complexity index is 10300. The van der Waals surface area contributed by atoms with Crippen LogP contribution in [0.25, 0.3) is 296 Å². The van der Waals surface area contributed by atoms with E-state index in [2.05, 4.69) is 534 Å². The van der Waals surface area contributed by atoms with Crippen molar-refractivity contribution >= 4 is 174 Å². The van der Waals surface area contributed by atoms with E-state index in [0.29, 0.717) is 0 Å². The van der Waals surface area contributed by atoms with Gasteiger partial charge in [0.05, 0.1) is 0 Å². The van der Waals surface area contributed by atoms with E-state index in [4.69, 9.17) is 13.3 Å². The molecule has 0 aliphatic heterocycles. The van der Waals surface area contributed by atoms with E-state index in [1.165, 1.54) is 225 Å². The van der Waals surface area contributed by atoms with Gasteiger partial charge in [-0.25, -0.2) is 0 Å². The summed E-state index contributed by atoms with van der Waals surface area (Å²) in [4.78, 5) is 0. The van der Waals surface area contributed by atoms with Crippen LogP contribution in [-0.4, -0.2) is 0 Å². The van der Waals surface area contributed by atoms with Gasteiger partial charge in [-0.2, -0.15) is 0 Å². The monoisotopic (exact) mass is 1840 g/mol. The molecule has 3 heteroatoms. The molecule has 0 saturated carbocycles. The zero-order chi connectivity index (χ0) is 95.5. The molecule has 0 atom stereocenters. The summed E-state index contributed by atoms with van der Waals surface area (Å²) in [6.07, 6.45) is 0. The van der Waals surface area contributed by atoms with Crippen LogP contribution in [0.2, 0.25) is 0 Å². The van der Waals surface area contributed by atoms with Gasteiger partial charge in [0.1, 0.15) is 33.5 Å². The van der Waals surface area contributed by atoms with Crippen LogP contribution in [0.4, 0.5) is 0 Å². The lowest BCUT2D eigenvalue weighted by molar-refractivity contribution is 0.668. The number of fused-ring (bicyclic) bond motifs is 21. The first-order valence-corrected chi connectivity index (χ1v) is 49.9. The minimum atomic E-state index is 0.889. The highest BCUT2D eigenvalue weighted by Gasteiger charge is 2.26. The molecule has 27 aromatic carbocycles. The third-order valence-corrected chi connectivity index (χ3v) is 30.0. The number of hydrogen-bond acceptors (Lipinski definition) is 3. The molecule has 0 aliphatic carbocycles. The number of rotatable bonds is 11. The van der Waals surface area contributed by atoms with Crippen LogP contribution < -0.4 is 0 Å². The smallest absolute Gasteiger partial charge is 0.136 e. The average molecular weight is 1840 g/mol. The molecule has 3 heterocycles. The Morgan fingerprint density at radius 2 is 0.393 bits per heavy atom. The predicted molar refractivity (Wildman–Crippen MR) is 616 cm³/mol. The second-order valence-corrected chi connectivity index (χ2v) is 38.0. The molecular weight excluding hydrogens is 1750 g/mol. The molecule has 0 radical (unpaired) electrons. The van der Waals surface area contributed by atoms with E-state index in [1.807, 2.05) is 0 Å². The Kier molecular flexibility index (Phi) is 20.3. The van der Waals surface area contributed by atoms with Crippen molar-refractivity contribution in [1.82, 2.24) is 0 Å². The fourth-order valence-electron chi connectivity index (χ4n) is 23.5. The van der Waals surface area contributed by atoms with Crippen LogP contribution in [0.1, 0.15) is 0 Å². The van der Waals surface area contributed by atoms with Gasteiger partial charge in [0.15, 0.2) is 0 Å². The van der Waals surface area contributed by atoms with E-state index in [-0.39, 0.29) is 0 Å². The average Bonchev–Trinajstić information content (AvgIpc) is 1.71. The molecule has 0 saturated heterocycles. The summed E-state index contributed by atoms with van der Waals surface area (Å²) in [5, 5.41) is 31.9. The second-order valence-electron chi connectivity index (χ2n) is 38.0. The van der Waals surface area contributed by atoms with Gasteiger partial charge >= 0.3 is 0 Å². The molecule has 0 bridgehead atoms. The highest BCUT2D eigenvalue weighted by molar-refractivity contribution is 6.28. The lowest BCUT2D eigenvalue weighted by Gasteiger charge is -2.17. The van der Waals surface area contributed by atoms with Gasteiger partial charge in [-0.05, 0) is 309 Å². The normalized spacial score (nSPS) is 11.7. The molecule has 3 aromatic heterocycles. The van der Waals surface area contributed by atoms with Crippen LogP contribution in [-0.2, 0) is 0 Å². The molecule has 674 valence electrons. The molecule has 0 amide bonds. The molecule has 0 N–H and O–H groups in total. The SMILES string of the molecule is c1ccc(-c2c3ccccc3c(-c3ccc4oc5ccc(-c6cc7ccccc7c7ccccc67)cc5c4c3)c3ccccc23)cc1.c1ccc(-c2c3ccccc3c(-c3ccc4oc5cccc(-c6cccc7c6ccc6ccccc67)c5c4c3)c3ccccc23)cc1.c1ccc(-c2ccc(-c3ccc4c(c3)oc3ccc(-c5c6ccccc6c(-c6ccccc6)c6ccccc56)cc34)c(-c3ccccc3)c2)cc1. The highest BCUT2D eigenvalue weighted by atomic mass is 16.3. The second kappa shape index (κ2) is 35.1. The Balaban J connectivity index is 0.000000106. The molecule has 0 spiro atoms. The van der Waals surface area contributed by atoms with Gasteiger partial charge in [0.25, 0.3) is 0 Å². The predicted octanol–water partition coefficient (Wildman–Crippen LogP) is 40.6. The summed E-state index contributed by atoms with van der Waals surface area (Å²) in [6.45, 7) is 0. The van der Waals surface area contributed by atoms with Gasteiger partial charge in [-0.3, -0.25) is 0 Å². The molecule has 30 aromatic rings. The minimum Gasteiger partial charge on any atom is -0.456 e. The largest absolute Gasteiger partial charge is 0.456 e. The fourth-order valence-corrected chi connectivity index (χ4v) is 23.5. The van der Waals surface area contributed by atoms with E-state index in [0.717, 1.165) is 71.4 Å². The lowest BCUT2D eigenvalue weighted by atomic mass is 9.85. The maximum atomic E-state index is 6.60. The topological polar surface area (TPSA) is 39.4 Å². The summed E-state index contributed by atoms with van der Waals surface area (Å²) < 4.78 is 19.6. The lowest BCUT2D eigenvalue weighted by Crippen LogP contribution is -1.90. The van der Waals surface area contributed by atoms with Crippen molar-refractivity contribution in [3.05, 3.63) is 534 Å². The van der Waals surface area contributed by atoms with Crippen LogP contribution >= 0.6 is 0 Å². The van der Waals surface area contributed by atoms with Crippen LogP contribution in [0.3, 0.4) is 0 Å². The third-order valence-electron chi connectivity index (χ3n) is 30.0. The molecule has 145 heavy (non-hydrogen) atoms. The van der Waals surface area contributed by atoms with E-state index >= 15 is 0 Å². The van der Waals surface area contributed by atoms with Crippen molar-refractivity contribution in [2.75, 3.05) is 0 Å². The first kappa shape index (κ1) is 84.0.